The second kappa shape index (κ2) is 6.91. The molecule has 1 spiro atoms. The molecule has 0 atom stereocenters. The van der Waals surface area contributed by atoms with Gasteiger partial charge in [0, 0.05) is 13.1 Å². The van der Waals surface area contributed by atoms with Gasteiger partial charge in [-0.2, -0.15) is 21.6 Å². The van der Waals surface area contributed by atoms with Crippen molar-refractivity contribution in [1.29, 1.82) is 0 Å². The summed E-state index contributed by atoms with van der Waals surface area (Å²) in [6.45, 7) is 5.67. The maximum Gasteiger partial charge on any atom is 0.534 e. The summed E-state index contributed by atoms with van der Waals surface area (Å²) >= 11 is 0. The van der Waals surface area contributed by atoms with E-state index in [0.717, 1.165) is 0 Å². The molecule has 0 aromatic rings. The zero-order chi connectivity index (χ0) is 19.8. The third kappa shape index (κ3) is 5.03. The predicted molar refractivity (Wildman–Crippen MR) is 84.5 cm³/mol. The molecule has 2 heterocycles. The molecular weight excluding hydrogens is 379 g/mol. The molecule has 0 aliphatic carbocycles. The summed E-state index contributed by atoms with van der Waals surface area (Å²) in [6, 6.07) is 0. The van der Waals surface area contributed by atoms with Gasteiger partial charge in [-0.3, -0.25) is 0 Å². The summed E-state index contributed by atoms with van der Waals surface area (Å²) in [5.41, 5.74) is -6.73. The van der Waals surface area contributed by atoms with E-state index in [-0.39, 0.29) is 18.8 Å². The van der Waals surface area contributed by atoms with Crippen LogP contribution in [0.3, 0.4) is 0 Å². The van der Waals surface area contributed by atoms with E-state index >= 15 is 0 Å². The zero-order valence-electron chi connectivity index (χ0n) is 14.8. The lowest BCUT2D eigenvalue weighted by atomic mass is 9.86. The number of amides is 1. The van der Waals surface area contributed by atoms with Crippen molar-refractivity contribution in [3.05, 3.63) is 11.8 Å². The monoisotopic (exact) mass is 401 g/mol. The summed E-state index contributed by atoms with van der Waals surface area (Å²) in [6.07, 6.45) is 2.00. The minimum Gasteiger partial charge on any atom is -0.444 e. The standard InChI is InChI=1S/C15H22F3NO6S/c1-13(2,3)24-12(20)19-8-6-14(7-9-19)5-4-11(10-23-14)25-26(21,22)15(16,17)18/h4H,5-10H2,1-3H3. The molecule has 0 saturated carbocycles. The van der Waals surface area contributed by atoms with Crippen molar-refractivity contribution in [3.8, 4) is 0 Å². The summed E-state index contributed by atoms with van der Waals surface area (Å²) in [4.78, 5) is 13.6. The van der Waals surface area contributed by atoms with E-state index in [2.05, 4.69) is 4.18 Å². The van der Waals surface area contributed by atoms with Gasteiger partial charge in [-0.25, -0.2) is 4.79 Å². The highest BCUT2D eigenvalue weighted by atomic mass is 32.2. The number of piperidine rings is 1. The van der Waals surface area contributed by atoms with Crippen molar-refractivity contribution in [2.24, 2.45) is 0 Å². The molecule has 150 valence electrons. The number of nitrogens with zero attached hydrogens (tertiary/aromatic N) is 1. The molecule has 7 nitrogen and oxygen atoms in total. The Morgan fingerprint density at radius 3 is 2.23 bits per heavy atom. The van der Waals surface area contributed by atoms with E-state index in [1.54, 1.807) is 25.7 Å². The molecule has 0 aromatic carbocycles. The largest absolute Gasteiger partial charge is 0.534 e. The minimum absolute atomic E-state index is 0.206. The Kier molecular flexibility index (Phi) is 5.54. The first-order valence-electron chi connectivity index (χ1n) is 8.05. The maximum atomic E-state index is 12.3. The van der Waals surface area contributed by atoms with Gasteiger partial charge in [0.2, 0.25) is 0 Å². The van der Waals surface area contributed by atoms with E-state index in [9.17, 15) is 26.4 Å². The molecule has 0 aromatic heterocycles. The first-order valence-corrected chi connectivity index (χ1v) is 9.46. The lowest BCUT2D eigenvalue weighted by Crippen LogP contribution is -2.50. The van der Waals surface area contributed by atoms with Crippen molar-refractivity contribution < 1.29 is 40.0 Å². The van der Waals surface area contributed by atoms with Gasteiger partial charge in [-0.1, -0.05) is 0 Å². The van der Waals surface area contributed by atoms with E-state index < -0.39 is 32.9 Å². The Morgan fingerprint density at radius 2 is 1.81 bits per heavy atom. The number of hydrogen-bond donors (Lipinski definition) is 0. The average molecular weight is 401 g/mol. The number of rotatable bonds is 2. The SMILES string of the molecule is CC(C)(C)OC(=O)N1CCC2(CC=C(OS(=O)(=O)C(F)(F)F)CO2)CC1. The van der Waals surface area contributed by atoms with Crippen molar-refractivity contribution in [3.63, 3.8) is 0 Å². The van der Waals surface area contributed by atoms with E-state index in [1.807, 2.05) is 0 Å². The lowest BCUT2D eigenvalue weighted by molar-refractivity contribution is -0.0903. The predicted octanol–water partition coefficient (Wildman–Crippen LogP) is 2.93. The summed E-state index contributed by atoms with van der Waals surface area (Å²) < 4.78 is 74.1. The van der Waals surface area contributed by atoms with Gasteiger partial charge in [0.25, 0.3) is 0 Å². The molecule has 2 aliphatic rings. The van der Waals surface area contributed by atoms with Crippen LogP contribution in [0.5, 0.6) is 0 Å². The molecule has 0 unspecified atom stereocenters. The normalized spacial score (nSPS) is 21.3. The molecular formula is C15H22F3NO6S. The van der Waals surface area contributed by atoms with Crippen LogP contribution in [0.4, 0.5) is 18.0 Å². The van der Waals surface area contributed by atoms with E-state index in [4.69, 9.17) is 9.47 Å². The van der Waals surface area contributed by atoms with Gasteiger partial charge in [-0.15, -0.1) is 0 Å². The molecule has 1 saturated heterocycles. The highest BCUT2D eigenvalue weighted by molar-refractivity contribution is 7.87. The van der Waals surface area contributed by atoms with Crippen molar-refractivity contribution in [2.45, 2.75) is 56.7 Å². The lowest BCUT2D eigenvalue weighted by Gasteiger charge is -2.43. The first kappa shape index (κ1) is 20.8. The number of hydrogen-bond acceptors (Lipinski definition) is 6. The fourth-order valence-corrected chi connectivity index (χ4v) is 3.15. The second-order valence-electron chi connectivity index (χ2n) is 7.30. The Morgan fingerprint density at radius 1 is 1.23 bits per heavy atom. The van der Waals surface area contributed by atoms with Crippen molar-refractivity contribution >= 4 is 16.2 Å². The second-order valence-corrected chi connectivity index (χ2v) is 8.83. The number of likely N-dealkylation sites (tertiary alicyclic amines) is 1. The molecule has 0 bridgehead atoms. The third-order valence-electron chi connectivity index (χ3n) is 4.05. The Labute approximate surface area is 150 Å². The highest BCUT2D eigenvalue weighted by Crippen LogP contribution is 2.36. The molecule has 2 aliphatic heterocycles. The summed E-state index contributed by atoms with van der Waals surface area (Å²) in [5, 5.41) is 0. The van der Waals surface area contributed by atoms with Crippen LogP contribution in [-0.4, -0.2) is 55.8 Å². The summed E-state index contributed by atoms with van der Waals surface area (Å²) in [5.74, 6) is -0.387. The minimum atomic E-state index is -5.69. The Balaban J connectivity index is 1.92. The van der Waals surface area contributed by atoms with Crippen LogP contribution in [0.2, 0.25) is 0 Å². The fraction of sp³-hybridized carbons (Fsp3) is 0.800. The molecule has 2 rings (SSSR count). The molecule has 1 amide bonds. The third-order valence-corrected chi connectivity index (χ3v) is 5.05. The Bertz CT molecular complexity index is 672. The zero-order valence-corrected chi connectivity index (χ0v) is 15.6. The topological polar surface area (TPSA) is 82.1 Å². The quantitative estimate of drug-likeness (QED) is 0.523. The average Bonchev–Trinajstić information content (AvgIpc) is 2.47. The van der Waals surface area contributed by atoms with Crippen molar-refractivity contribution in [1.82, 2.24) is 4.90 Å². The van der Waals surface area contributed by atoms with E-state index in [0.29, 0.717) is 25.9 Å². The van der Waals surface area contributed by atoms with E-state index in [1.165, 1.54) is 6.08 Å². The number of carbonyl (C=O) groups excluding carboxylic acids is 1. The number of halogens is 3. The van der Waals surface area contributed by atoms with Gasteiger partial charge >= 0.3 is 21.7 Å². The van der Waals surface area contributed by atoms with Gasteiger partial charge in [0.15, 0.2) is 0 Å². The van der Waals surface area contributed by atoms with Gasteiger partial charge in [0.1, 0.15) is 18.0 Å². The number of alkyl halides is 3. The van der Waals surface area contributed by atoms with Crippen LogP contribution < -0.4 is 0 Å². The molecule has 0 radical (unpaired) electrons. The fourth-order valence-electron chi connectivity index (χ4n) is 2.66. The summed E-state index contributed by atoms with van der Waals surface area (Å²) in [7, 11) is -5.69. The highest BCUT2D eigenvalue weighted by Gasteiger charge is 2.49. The number of carbonyl (C=O) groups is 1. The molecule has 1 fully saturated rings. The van der Waals surface area contributed by atoms with Crippen molar-refractivity contribution in [2.75, 3.05) is 19.7 Å². The van der Waals surface area contributed by atoms with Gasteiger partial charge < -0.3 is 18.6 Å². The smallest absolute Gasteiger partial charge is 0.444 e. The first-order chi connectivity index (χ1) is 11.7. The van der Waals surface area contributed by atoms with Crippen LogP contribution >= 0.6 is 0 Å². The van der Waals surface area contributed by atoms with Crippen LogP contribution in [-0.2, 0) is 23.8 Å². The van der Waals surface area contributed by atoms with Crippen LogP contribution in [0, 0.1) is 0 Å². The van der Waals surface area contributed by atoms with Gasteiger partial charge in [0.05, 0.1) is 5.60 Å². The Hall–Kier alpha value is -1.49. The number of ether oxygens (including phenoxy) is 2. The van der Waals surface area contributed by atoms with Crippen LogP contribution in [0.25, 0.3) is 0 Å². The van der Waals surface area contributed by atoms with Gasteiger partial charge in [-0.05, 0) is 46.1 Å². The molecule has 0 N–H and O–H groups in total. The molecule has 26 heavy (non-hydrogen) atoms. The maximum absolute atomic E-state index is 12.3. The van der Waals surface area contributed by atoms with Crippen LogP contribution in [0.15, 0.2) is 11.8 Å². The van der Waals surface area contributed by atoms with Crippen LogP contribution in [0.1, 0.15) is 40.0 Å². The molecule has 11 heteroatoms.